The first kappa shape index (κ1) is 10.6. The largest absolute Gasteiger partial charge is 0.489 e. The molecule has 1 N–H and O–H groups in total. The molecule has 1 aliphatic carbocycles. The van der Waals surface area contributed by atoms with Crippen molar-refractivity contribution in [1.82, 2.24) is 0 Å². The summed E-state index contributed by atoms with van der Waals surface area (Å²) in [6, 6.07) is 5.94. The summed E-state index contributed by atoms with van der Waals surface area (Å²) in [6.07, 6.45) is 2.70. The summed E-state index contributed by atoms with van der Waals surface area (Å²) in [5.74, 6) is 0.232. The Balaban J connectivity index is 1.97. The fourth-order valence-corrected chi connectivity index (χ4v) is 2.69. The summed E-state index contributed by atoms with van der Waals surface area (Å²) in [7, 11) is 0. The maximum Gasteiger partial charge on any atom is 0.310 e. The van der Waals surface area contributed by atoms with Crippen LogP contribution in [0.5, 0.6) is 5.75 Å². The predicted octanol–water partition coefficient (Wildman–Crippen LogP) is 2.41. The van der Waals surface area contributed by atoms with Gasteiger partial charge in [0.15, 0.2) is 0 Å². The smallest absolute Gasteiger partial charge is 0.310 e. The third-order valence-corrected chi connectivity index (χ3v) is 3.85. The van der Waals surface area contributed by atoms with Crippen LogP contribution >= 0.6 is 0 Å². The minimum absolute atomic E-state index is 0.123. The molecule has 0 saturated heterocycles. The standard InChI is InChI=1S/C14H16O3/c1-8-3-2-4-12-10(8)7-11(14(15)16)13(17-12)9-5-6-9/h2-4,9,11,13H,5-7H2,1H3,(H,15,16). The van der Waals surface area contributed by atoms with E-state index in [1.807, 2.05) is 25.1 Å². The Labute approximate surface area is 100 Å². The van der Waals surface area contributed by atoms with Crippen LogP contribution in [0.25, 0.3) is 0 Å². The van der Waals surface area contributed by atoms with Gasteiger partial charge in [0.05, 0.1) is 5.92 Å². The molecule has 0 spiro atoms. The van der Waals surface area contributed by atoms with Gasteiger partial charge in [-0.3, -0.25) is 4.79 Å². The van der Waals surface area contributed by atoms with Gasteiger partial charge in [0.2, 0.25) is 0 Å². The molecular formula is C14H16O3. The highest BCUT2D eigenvalue weighted by atomic mass is 16.5. The average Bonchev–Trinajstić information content (AvgIpc) is 3.11. The van der Waals surface area contributed by atoms with Crippen molar-refractivity contribution in [3.05, 3.63) is 29.3 Å². The molecule has 2 unspecified atom stereocenters. The lowest BCUT2D eigenvalue weighted by Gasteiger charge is -2.32. The van der Waals surface area contributed by atoms with E-state index in [1.165, 1.54) is 0 Å². The molecule has 0 bridgehead atoms. The fourth-order valence-electron chi connectivity index (χ4n) is 2.69. The Hall–Kier alpha value is -1.51. The number of hydrogen-bond donors (Lipinski definition) is 1. The highest BCUT2D eigenvalue weighted by Gasteiger charge is 2.44. The number of aliphatic carboxylic acids is 1. The van der Waals surface area contributed by atoms with Crippen LogP contribution in [0.15, 0.2) is 18.2 Å². The number of aryl methyl sites for hydroxylation is 1. The van der Waals surface area contributed by atoms with Gasteiger partial charge >= 0.3 is 5.97 Å². The maximum absolute atomic E-state index is 11.3. The lowest BCUT2D eigenvalue weighted by atomic mass is 9.86. The summed E-state index contributed by atoms with van der Waals surface area (Å²) in [6.45, 7) is 2.01. The number of benzene rings is 1. The van der Waals surface area contributed by atoms with E-state index in [4.69, 9.17) is 4.74 Å². The normalized spacial score (nSPS) is 27.1. The van der Waals surface area contributed by atoms with Crippen molar-refractivity contribution in [2.75, 3.05) is 0 Å². The number of carboxylic acid groups (broad SMARTS) is 1. The minimum Gasteiger partial charge on any atom is -0.489 e. The molecule has 1 saturated carbocycles. The van der Waals surface area contributed by atoms with E-state index >= 15 is 0 Å². The molecule has 0 radical (unpaired) electrons. The van der Waals surface area contributed by atoms with E-state index < -0.39 is 5.97 Å². The van der Waals surface area contributed by atoms with E-state index in [2.05, 4.69) is 0 Å². The number of fused-ring (bicyclic) bond motifs is 1. The van der Waals surface area contributed by atoms with Gasteiger partial charge in [-0.15, -0.1) is 0 Å². The molecule has 1 aromatic carbocycles. The third kappa shape index (κ3) is 1.79. The van der Waals surface area contributed by atoms with Crippen molar-refractivity contribution in [3.63, 3.8) is 0 Å². The van der Waals surface area contributed by atoms with E-state index in [1.54, 1.807) is 0 Å². The number of hydrogen-bond acceptors (Lipinski definition) is 2. The van der Waals surface area contributed by atoms with Gasteiger partial charge in [0.25, 0.3) is 0 Å². The number of rotatable bonds is 2. The zero-order valence-electron chi connectivity index (χ0n) is 9.85. The molecule has 1 fully saturated rings. The molecular weight excluding hydrogens is 216 g/mol. The van der Waals surface area contributed by atoms with E-state index in [9.17, 15) is 9.90 Å². The molecule has 3 nitrogen and oxygen atoms in total. The maximum atomic E-state index is 11.3. The molecule has 0 amide bonds. The van der Waals surface area contributed by atoms with Crippen LogP contribution in [0, 0.1) is 18.8 Å². The average molecular weight is 232 g/mol. The SMILES string of the molecule is Cc1cccc2c1CC(C(=O)O)C(C1CC1)O2. The first-order valence-electron chi connectivity index (χ1n) is 6.15. The molecule has 2 atom stereocenters. The van der Waals surface area contributed by atoms with E-state index in [0.29, 0.717) is 12.3 Å². The van der Waals surface area contributed by atoms with Gasteiger partial charge < -0.3 is 9.84 Å². The second kappa shape index (κ2) is 3.76. The molecule has 90 valence electrons. The van der Waals surface area contributed by atoms with Gasteiger partial charge in [-0.2, -0.15) is 0 Å². The Kier molecular flexibility index (Phi) is 2.35. The zero-order chi connectivity index (χ0) is 12.0. The molecule has 3 heteroatoms. The summed E-state index contributed by atoms with van der Waals surface area (Å²) in [4.78, 5) is 11.3. The van der Waals surface area contributed by atoms with Crippen LogP contribution in [0.4, 0.5) is 0 Å². The van der Waals surface area contributed by atoms with Crippen LogP contribution in [0.1, 0.15) is 24.0 Å². The highest BCUT2D eigenvalue weighted by molar-refractivity contribution is 5.72. The second-order valence-corrected chi connectivity index (χ2v) is 5.12. The molecule has 2 aliphatic rings. The quantitative estimate of drug-likeness (QED) is 0.851. The monoisotopic (exact) mass is 232 g/mol. The Bertz CT molecular complexity index is 463. The summed E-state index contributed by atoms with van der Waals surface area (Å²) in [5.41, 5.74) is 2.19. The van der Waals surface area contributed by atoms with Gasteiger partial charge in [-0.05, 0) is 49.3 Å². The van der Waals surface area contributed by atoms with Crippen LogP contribution in [0.3, 0.4) is 0 Å². The van der Waals surface area contributed by atoms with Gasteiger partial charge in [0, 0.05) is 0 Å². The first-order chi connectivity index (χ1) is 8.16. The highest BCUT2D eigenvalue weighted by Crippen LogP contribution is 2.43. The van der Waals surface area contributed by atoms with Crippen LogP contribution in [0.2, 0.25) is 0 Å². The summed E-state index contributed by atoms with van der Waals surface area (Å²) >= 11 is 0. The fraction of sp³-hybridized carbons (Fsp3) is 0.500. The number of ether oxygens (including phenoxy) is 1. The molecule has 0 aromatic heterocycles. The first-order valence-corrected chi connectivity index (χ1v) is 6.15. The summed E-state index contributed by atoms with van der Waals surface area (Å²) in [5, 5.41) is 9.32. The molecule has 1 aromatic rings. The Morgan fingerprint density at radius 2 is 2.18 bits per heavy atom. The lowest BCUT2D eigenvalue weighted by Crippen LogP contribution is -2.39. The van der Waals surface area contributed by atoms with Crippen molar-refractivity contribution in [3.8, 4) is 5.75 Å². The Morgan fingerprint density at radius 3 is 2.82 bits per heavy atom. The molecule has 17 heavy (non-hydrogen) atoms. The van der Waals surface area contributed by atoms with Crippen molar-refractivity contribution < 1.29 is 14.6 Å². The van der Waals surface area contributed by atoms with Crippen LogP contribution < -0.4 is 4.74 Å². The topological polar surface area (TPSA) is 46.5 Å². The molecule has 3 rings (SSSR count). The van der Waals surface area contributed by atoms with Crippen LogP contribution in [-0.4, -0.2) is 17.2 Å². The van der Waals surface area contributed by atoms with Crippen molar-refractivity contribution >= 4 is 5.97 Å². The Morgan fingerprint density at radius 1 is 1.41 bits per heavy atom. The van der Waals surface area contributed by atoms with Gasteiger partial charge in [0.1, 0.15) is 11.9 Å². The third-order valence-electron chi connectivity index (χ3n) is 3.85. The zero-order valence-corrected chi connectivity index (χ0v) is 9.85. The number of carbonyl (C=O) groups is 1. The van der Waals surface area contributed by atoms with Crippen LogP contribution in [-0.2, 0) is 11.2 Å². The van der Waals surface area contributed by atoms with Crippen molar-refractivity contribution in [2.24, 2.45) is 11.8 Å². The molecule has 1 heterocycles. The van der Waals surface area contributed by atoms with E-state index in [0.717, 1.165) is 29.7 Å². The van der Waals surface area contributed by atoms with Gasteiger partial charge in [-0.1, -0.05) is 12.1 Å². The lowest BCUT2D eigenvalue weighted by molar-refractivity contribution is -0.146. The van der Waals surface area contributed by atoms with Gasteiger partial charge in [-0.25, -0.2) is 0 Å². The predicted molar refractivity (Wildman–Crippen MR) is 63.1 cm³/mol. The number of carboxylic acids is 1. The molecule has 1 aliphatic heterocycles. The van der Waals surface area contributed by atoms with Crippen molar-refractivity contribution in [2.45, 2.75) is 32.3 Å². The second-order valence-electron chi connectivity index (χ2n) is 5.12. The van der Waals surface area contributed by atoms with E-state index in [-0.39, 0.29) is 12.0 Å². The minimum atomic E-state index is -0.726. The van der Waals surface area contributed by atoms with Crippen molar-refractivity contribution in [1.29, 1.82) is 0 Å². The summed E-state index contributed by atoms with van der Waals surface area (Å²) < 4.78 is 5.93.